The Hall–Kier alpha value is -2.69. The molecule has 0 radical (unpaired) electrons. The first-order valence-corrected chi connectivity index (χ1v) is 6.90. The lowest BCUT2D eigenvalue weighted by Gasteiger charge is -2.18. The summed E-state index contributed by atoms with van der Waals surface area (Å²) < 4.78 is 17.9. The van der Waals surface area contributed by atoms with Crippen LogP contribution in [-0.4, -0.2) is 18.5 Å². The zero-order valence-electron chi connectivity index (χ0n) is 12.1. The van der Waals surface area contributed by atoms with Crippen LogP contribution in [0.5, 0.6) is 0 Å². The Balaban J connectivity index is 2.30. The van der Waals surface area contributed by atoms with Crippen molar-refractivity contribution in [3.05, 3.63) is 71.5 Å². The van der Waals surface area contributed by atoms with Gasteiger partial charge in [-0.1, -0.05) is 42.5 Å². The quantitative estimate of drug-likeness (QED) is 0.860. The average molecular weight is 301 g/mol. The first-order chi connectivity index (χ1) is 10.6. The van der Waals surface area contributed by atoms with Gasteiger partial charge in [-0.15, -0.1) is 0 Å². The van der Waals surface area contributed by atoms with E-state index in [0.717, 1.165) is 0 Å². The highest BCUT2D eigenvalue weighted by atomic mass is 19.1. The summed E-state index contributed by atoms with van der Waals surface area (Å²) >= 11 is 0. The normalized spacial score (nSPS) is 11.5. The van der Waals surface area contributed by atoms with Gasteiger partial charge in [-0.3, -0.25) is 4.79 Å². The van der Waals surface area contributed by atoms with Gasteiger partial charge in [0.2, 0.25) is 0 Å². The second-order valence-electron chi connectivity index (χ2n) is 4.58. The van der Waals surface area contributed by atoms with E-state index in [2.05, 4.69) is 5.32 Å². The average Bonchev–Trinajstić information content (AvgIpc) is 2.54. The molecular formula is C17H16FNO3. The van der Waals surface area contributed by atoms with Crippen molar-refractivity contribution in [2.24, 2.45) is 0 Å². The van der Waals surface area contributed by atoms with Crippen LogP contribution < -0.4 is 5.32 Å². The Morgan fingerprint density at radius 1 is 1.09 bits per heavy atom. The fourth-order valence-corrected chi connectivity index (χ4v) is 2.02. The molecule has 0 aromatic heterocycles. The minimum Gasteiger partial charge on any atom is -0.450 e. The van der Waals surface area contributed by atoms with Gasteiger partial charge >= 0.3 is 6.09 Å². The topological polar surface area (TPSA) is 55.4 Å². The van der Waals surface area contributed by atoms with Crippen molar-refractivity contribution >= 4 is 11.9 Å². The molecule has 0 saturated carbocycles. The van der Waals surface area contributed by atoms with Crippen LogP contribution in [0.1, 0.15) is 28.9 Å². The summed E-state index contributed by atoms with van der Waals surface area (Å²) in [6.45, 7) is 1.87. The minimum absolute atomic E-state index is 0.196. The highest BCUT2D eigenvalue weighted by Crippen LogP contribution is 2.19. The summed E-state index contributed by atoms with van der Waals surface area (Å²) in [5, 5.41) is 2.52. The number of rotatable bonds is 5. The molecule has 0 saturated heterocycles. The number of halogens is 1. The lowest BCUT2D eigenvalue weighted by molar-refractivity contribution is 0.0924. The lowest BCUT2D eigenvalue weighted by Crippen LogP contribution is -2.34. The Labute approximate surface area is 127 Å². The fraction of sp³-hybridized carbons (Fsp3) is 0.176. The second kappa shape index (κ2) is 7.36. The highest BCUT2D eigenvalue weighted by molar-refractivity contribution is 6.02. The smallest absolute Gasteiger partial charge is 0.407 e. The van der Waals surface area contributed by atoms with Crippen LogP contribution in [0.3, 0.4) is 0 Å². The van der Waals surface area contributed by atoms with Crippen LogP contribution in [0.15, 0.2) is 54.6 Å². The summed E-state index contributed by atoms with van der Waals surface area (Å²) in [6, 6.07) is 13.1. The predicted octanol–water partition coefficient (Wildman–Crippen LogP) is 3.50. The van der Waals surface area contributed by atoms with Crippen molar-refractivity contribution in [2.45, 2.75) is 13.0 Å². The van der Waals surface area contributed by atoms with Crippen molar-refractivity contribution in [3.63, 3.8) is 0 Å². The van der Waals surface area contributed by atoms with Gasteiger partial charge in [-0.25, -0.2) is 9.18 Å². The molecule has 1 atom stereocenters. The first kappa shape index (κ1) is 15.7. The molecule has 1 N–H and O–H groups in total. The summed E-state index contributed by atoms with van der Waals surface area (Å²) in [5.74, 6) is -0.703. The Morgan fingerprint density at radius 3 is 2.32 bits per heavy atom. The van der Waals surface area contributed by atoms with Gasteiger partial charge in [-0.2, -0.15) is 0 Å². The molecule has 0 bridgehead atoms. The van der Waals surface area contributed by atoms with Gasteiger partial charge in [0.1, 0.15) is 11.9 Å². The monoisotopic (exact) mass is 301 g/mol. The number of Topliss-reactive ketones (excluding diaryl/α,β-unsaturated/α-hetero) is 1. The highest BCUT2D eigenvalue weighted by Gasteiger charge is 2.24. The number of ketones is 1. The third-order valence-corrected chi connectivity index (χ3v) is 3.06. The molecule has 0 spiro atoms. The van der Waals surface area contributed by atoms with Gasteiger partial charge in [0.15, 0.2) is 5.78 Å². The molecule has 4 nitrogen and oxygen atoms in total. The van der Waals surface area contributed by atoms with Gasteiger partial charge < -0.3 is 10.1 Å². The maximum atomic E-state index is 13.1. The molecular weight excluding hydrogens is 285 g/mol. The third kappa shape index (κ3) is 3.91. The largest absolute Gasteiger partial charge is 0.450 e. The van der Waals surface area contributed by atoms with Gasteiger partial charge in [0, 0.05) is 5.56 Å². The molecule has 0 fully saturated rings. The minimum atomic E-state index is -0.929. The number of benzene rings is 2. The zero-order chi connectivity index (χ0) is 15.9. The van der Waals surface area contributed by atoms with E-state index in [4.69, 9.17) is 4.74 Å². The number of carbonyl (C=O) groups is 2. The number of hydrogen-bond acceptors (Lipinski definition) is 3. The van der Waals surface area contributed by atoms with Crippen molar-refractivity contribution < 1.29 is 18.7 Å². The van der Waals surface area contributed by atoms with Crippen LogP contribution in [0.25, 0.3) is 0 Å². The molecule has 0 aliphatic heterocycles. The number of ether oxygens (including phenoxy) is 1. The van der Waals surface area contributed by atoms with Crippen LogP contribution >= 0.6 is 0 Å². The molecule has 2 rings (SSSR count). The maximum absolute atomic E-state index is 13.1. The summed E-state index contributed by atoms with van der Waals surface area (Å²) in [5.41, 5.74) is 0.942. The van der Waals surface area contributed by atoms with Gasteiger partial charge in [0.05, 0.1) is 6.61 Å². The van der Waals surface area contributed by atoms with E-state index < -0.39 is 18.0 Å². The Bertz CT molecular complexity index is 641. The molecule has 114 valence electrons. The van der Waals surface area contributed by atoms with Gasteiger partial charge in [0.25, 0.3) is 0 Å². The summed E-state index contributed by atoms with van der Waals surface area (Å²) in [7, 11) is 0. The number of hydrogen-bond donors (Lipinski definition) is 1. The SMILES string of the molecule is CCOC(=O)N[C@H](C(=O)c1ccccc1)c1ccc(F)cc1. The van der Waals surface area contributed by atoms with E-state index >= 15 is 0 Å². The predicted molar refractivity (Wildman–Crippen MR) is 80.1 cm³/mol. The zero-order valence-corrected chi connectivity index (χ0v) is 12.1. The van der Waals surface area contributed by atoms with Crippen LogP contribution in [0.2, 0.25) is 0 Å². The third-order valence-electron chi connectivity index (χ3n) is 3.06. The van der Waals surface area contributed by atoms with E-state index in [-0.39, 0.29) is 12.4 Å². The summed E-state index contributed by atoms with van der Waals surface area (Å²) in [4.78, 5) is 24.3. The standard InChI is InChI=1S/C17H16FNO3/c1-2-22-17(21)19-15(12-8-10-14(18)11-9-12)16(20)13-6-4-3-5-7-13/h3-11,15H,2H2,1H3,(H,19,21)/t15-/m0/s1. The number of nitrogens with one attached hydrogen (secondary N) is 1. The molecule has 5 heteroatoms. The maximum Gasteiger partial charge on any atom is 0.407 e. The molecule has 0 unspecified atom stereocenters. The molecule has 0 heterocycles. The second-order valence-corrected chi connectivity index (χ2v) is 4.58. The van der Waals surface area contributed by atoms with E-state index in [1.54, 1.807) is 37.3 Å². The number of amides is 1. The van der Waals surface area contributed by atoms with Crippen molar-refractivity contribution in [1.82, 2.24) is 5.32 Å². The Kier molecular flexibility index (Phi) is 5.25. The summed E-state index contributed by atoms with van der Waals surface area (Å²) in [6.07, 6.45) is -0.693. The molecule has 2 aromatic rings. The van der Waals surface area contributed by atoms with E-state index in [9.17, 15) is 14.0 Å². The van der Waals surface area contributed by atoms with E-state index in [1.807, 2.05) is 0 Å². The number of alkyl carbamates (subject to hydrolysis) is 1. The van der Waals surface area contributed by atoms with Crippen LogP contribution in [0.4, 0.5) is 9.18 Å². The van der Waals surface area contributed by atoms with Crippen LogP contribution in [0, 0.1) is 5.82 Å². The lowest BCUT2D eigenvalue weighted by atomic mass is 9.97. The molecule has 2 aromatic carbocycles. The van der Waals surface area contributed by atoms with Crippen LogP contribution in [-0.2, 0) is 4.74 Å². The van der Waals surface area contributed by atoms with Crippen molar-refractivity contribution in [2.75, 3.05) is 6.61 Å². The van der Waals surface area contributed by atoms with Crippen molar-refractivity contribution in [3.8, 4) is 0 Å². The first-order valence-electron chi connectivity index (χ1n) is 6.90. The Morgan fingerprint density at radius 2 is 1.73 bits per heavy atom. The molecule has 1 amide bonds. The van der Waals surface area contributed by atoms with Gasteiger partial charge in [-0.05, 0) is 24.6 Å². The van der Waals surface area contributed by atoms with E-state index in [1.165, 1.54) is 24.3 Å². The van der Waals surface area contributed by atoms with E-state index in [0.29, 0.717) is 11.1 Å². The van der Waals surface area contributed by atoms with Crippen molar-refractivity contribution in [1.29, 1.82) is 0 Å². The molecule has 22 heavy (non-hydrogen) atoms. The number of carbonyl (C=O) groups excluding carboxylic acids is 2. The molecule has 0 aliphatic carbocycles. The molecule has 0 aliphatic rings. The fourth-order valence-electron chi connectivity index (χ4n) is 2.02.